The molecular weight excluding hydrogens is 340 g/mol. The molecule has 0 unspecified atom stereocenters. The Labute approximate surface area is 157 Å². The zero-order valence-electron chi connectivity index (χ0n) is 14.7. The van der Waals surface area contributed by atoms with Crippen LogP contribution in [0.1, 0.15) is 11.1 Å². The Bertz CT molecular complexity index is 883. The largest absolute Gasteiger partial charge is 0.489 e. The van der Waals surface area contributed by atoms with Crippen LogP contribution in [0.5, 0.6) is 5.75 Å². The van der Waals surface area contributed by atoms with E-state index in [1.54, 1.807) is 18.5 Å². The molecule has 1 amide bonds. The maximum absolute atomic E-state index is 11.8. The molecule has 2 aromatic carbocycles. The molecule has 0 atom stereocenters. The molecule has 0 radical (unpaired) electrons. The third-order valence-electron chi connectivity index (χ3n) is 3.65. The maximum atomic E-state index is 11.8. The summed E-state index contributed by atoms with van der Waals surface area (Å²) >= 11 is 0. The lowest BCUT2D eigenvalue weighted by atomic mass is 10.2. The fourth-order valence-corrected chi connectivity index (χ4v) is 2.29. The van der Waals surface area contributed by atoms with Crippen molar-refractivity contribution in [2.24, 2.45) is 4.99 Å². The number of benzene rings is 2. The molecule has 0 fully saturated rings. The fourth-order valence-electron chi connectivity index (χ4n) is 2.29. The van der Waals surface area contributed by atoms with Gasteiger partial charge in [-0.15, -0.1) is 0 Å². The second kappa shape index (κ2) is 9.84. The molecular formula is C21H20N4O2. The molecule has 6 heteroatoms. The SMILES string of the molecule is O=C(C=Nc1cccc(OCc2ccccc2)c1)NNCc1ccncc1. The van der Waals surface area contributed by atoms with Crippen molar-refractivity contribution in [1.82, 2.24) is 15.8 Å². The number of hydrogen-bond acceptors (Lipinski definition) is 5. The highest BCUT2D eigenvalue weighted by Crippen LogP contribution is 2.20. The summed E-state index contributed by atoms with van der Waals surface area (Å²) in [5.74, 6) is 0.365. The molecule has 3 aromatic rings. The van der Waals surface area contributed by atoms with Crippen LogP contribution in [0.4, 0.5) is 5.69 Å². The number of ether oxygens (including phenoxy) is 1. The molecule has 136 valence electrons. The van der Waals surface area contributed by atoms with E-state index in [0.29, 0.717) is 24.6 Å². The van der Waals surface area contributed by atoms with Crippen LogP contribution in [0.2, 0.25) is 0 Å². The second-order valence-electron chi connectivity index (χ2n) is 5.73. The number of carbonyl (C=O) groups excluding carboxylic acids is 1. The fraction of sp³-hybridized carbons (Fsp3) is 0.0952. The maximum Gasteiger partial charge on any atom is 0.276 e. The van der Waals surface area contributed by atoms with E-state index in [1.165, 1.54) is 6.21 Å². The van der Waals surface area contributed by atoms with Gasteiger partial charge in [0.1, 0.15) is 12.4 Å². The van der Waals surface area contributed by atoms with E-state index in [9.17, 15) is 4.79 Å². The van der Waals surface area contributed by atoms with Crippen molar-refractivity contribution in [2.75, 3.05) is 0 Å². The smallest absolute Gasteiger partial charge is 0.276 e. The molecule has 0 aliphatic carbocycles. The number of hydrogen-bond donors (Lipinski definition) is 2. The van der Waals surface area contributed by atoms with Crippen molar-refractivity contribution < 1.29 is 9.53 Å². The molecule has 0 saturated heterocycles. The van der Waals surface area contributed by atoms with Crippen molar-refractivity contribution in [3.63, 3.8) is 0 Å². The summed E-state index contributed by atoms with van der Waals surface area (Å²) < 4.78 is 5.76. The molecule has 0 aliphatic heterocycles. The molecule has 2 N–H and O–H groups in total. The zero-order chi connectivity index (χ0) is 18.7. The standard InChI is InChI=1S/C21H20N4O2/c26-21(25-24-14-17-9-11-22-12-10-17)15-23-19-7-4-8-20(13-19)27-16-18-5-2-1-3-6-18/h1-13,15,24H,14,16H2,(H,25,26). The van der Waals surface area contributed by atoms with E-state index in [1.807, 2.05) is 60.7 Å². The van der Waals surface area contributed by atoms with Gasteiger partial charge in [-0.05, 0) is 35.4 Å². The summed E-state index contributed by atoms with van der Waals surface area (Å²) in [6.07, 6.45) is 4.64. The lowest BCUT2D eigenvalue weighted by Crippen LogP contribution is -2.37. The highest BCUT2D eigenvalue weighted by molar-refractivity contribution is 6.26. The van der Waals surface area contributed by atoms with Crippen LogP contribution in [-0.4, -0.2) is 17.1 Å². The summed E-state index contributed by atoms with van der Waals surface area (Å²) in [5.41, 5.74) is 8.17. The highest BCUT2D eigenvalue weighted by atomic mass is 16.5. The van der Waals surface area contributed by atoms with Crippen molar-refractivity contribution in [3.05, 3.63) is 90.3 Å². The Morgan fingerprint density at radius 2 is 1.81 bits per heavy atom. The first kappa shape index (κ1) is 18.3. The van der Waals surface area contributed by atoms with Crippen LogP contribution in [0.15, 0.2) is 84.1 Å². The van der Waals surface area contributed by atoms with Crippen LogP contribution in [0.3, 0.4) is 0 Å². The summed E-state index contributed by atoms with van der Waals surface area (Å²) in [7, 11) is 0. The topological polar surface area (TPSA) is 75.6 Å². The summed E-state index contributed by atoms with van der Waals surface area (Å²) in [6.45, 7) is 0.984. The molecule has 6 nitrogen and oxygen atoms in total. The Kier molecular flexibility index (Phi) is 6.66. The number of nitrogens with zero attached hydrogens (tertiary/aromatic N) is 2. The van der Waals surface area contributed by atoms with Gasteiger partial charge in [0.05, 0.1) is 11.9 Å². The minimum atomic E-state index is -0.334. The lowest BCUT2D eigenvalue weighted by Gasteiger charge is -2.07. The van der Waals surface area contributed by atoms with Gasteiger partial charge in [0.25, 0.3) is 5.91 Å². The number of hydrazine groups is 1. The molecule has 3 rings (SSSR count). The van der Waals surface area contributed by atoms with Crippen molar-refractivity contribution in [1.29, 1.82) is 0 Å². The first-order chi connectivity index (χ1) is 13.3. The predicted molar refractivity (Wildman–Crippen MR) is 105 cm³/mol. The van der Waals surface area contributed by atoms with E-state index in [2.05, 4.69) is 20.8 Å². The van der Waals surface area contributed by atoms with Crippen molar-refractivity contribution >= 4 is 17.8 Å². The van der Waals surface area contributed by atoms with Gasteiger partial charge < -0.3 is 4.74 Å². The number of pyridine rings is 1. The predicted octanol–water partition coefficient (Wildman–Crippen LogP) is 3.18. The van der Waals surface area contributed by atoms with Gasteiger partial charge in [-0.3, -0.25) is 20.2 Å². The normalized spacial score (nSPS) is 10.7. The lowest BCUT2D eigenvalue weighted by molar-refractivity contribution is -0.115. The highest BCUT2D eigenvalue weighted by Gasteiger charge is 1.99. The number of nitrogens with one attached hydrogen (secondary N) is 2. The summed E-state index contributed by atoms with van der Waals surface area (Å²) in [4.78, 5) is 20.0. The number of carbonyl (C=O) groups is 1. The molecule has 1 heterocycles. The van der Waals surface area contributed by atoms with Gasteiger partial charge in [0.15, 0.2) is 0 Å². The minimum absolute atomic E-state index is 0.334. The quantitative estimate of drug-likeness (QED) is 0.478. The molecule has 0 bridgehead atoms. The van der Waals surface area contributed by atoms with Gasteiger partial charge in [-0.25, -0.2) is 5.43 Å². The monoisotopic (exact) mass is 360 g/mol. The van der Waals surface area contributed by atoms with E-state index in [-0.39, 0.29) is 5.91 Å². The van der Waals surface area contributed by atoms with Crippen LogP contribution < -0.4 is 15.6 Å². The van der Waals surface area contributed by atoms with E-state index in [4.69, 9.17) is 4.74 Å². The third kappa shape index (κ3) is 6.37. The number of aromatic nitrogens is 1. The first-order valence-electron chi connectivity index (χ1n) is 8.52. The Hall–Kier alpha value is -3.51. The van der Waals surface area contributed by atoms with Crippen LogP contribution in [0, 0.1) is 0 Å². The Morgan fingerprint density at radius 3 is 2.63 bits per heavy atom. The average Bonchev–Trinajstić information content (AvgIpc) is 2.73. The summed E-state index contributed by atoms with van der Waals surface area (Å²) in [5, 5.41) is 0. The van der Waals surface area contributed by atoms with Gasteiger partial charge in [-0.2, -0.15) is 0 Å². The molecule has 1 aromatic heterocycles. The number of rotatable bonds is 8. The first-order valence-corrected chi connectivity index (χ1v) is 8.52. The van der Waals surface area contributed by atoms with E-state index in [0.717, 1.165) is 11.1 Å². The van der Waals surface area contributed by atoms with Gasteiger partial charge >= 0.3 is 0 Å². The van der Waals surface area contributed by atoms with Gasteiger partial charge in [-0.1, -0.05) is 36.4 Å². The van der Waals surface area contributed by atoms with Crippen molar-refractivity contribution in [2.45, 2.75) is 13.2 Å². The second-order valence-corrected chi connectivity index (χ2v) is 5.73. The number of aliphatic imine (C=N–C) groups is 1. The van der Waals surface area contributed by atoms with Crippen LogP contribution >= 0.6 is 0 Å². The Morgan fingerprint density at radius 1 is 1.00 bits per heavy atom. The number of amides is 1. The van der Waals surface area contributed by atoms with E-state index < -0.39 is 0 Å². The van der Waals surface area contributed by atoms with Crippen LogP contribution in [0.25, 0.3) is 0 Å². The summed E-state index contributed by atoms with van der Waals surface area (Å²) in [6, 6.07) is 21.0. The zero-order valence-corrected chi connectivity index (χ0v) is 14.7. The minimum Gasteiger partial charge on any atom is -0.489 e. The van der Waals surface area contributed by atoms with Gasteiger partial charge in [0, 0.05) is 25.0 Å². The molecule has 0 saturated carbocycles. The molecule has 0 aliphatic rings. The molecule has 0 spiro atoms. The Balaban J connectivity index is 1.47. The average molecular weight is 360 g/mol. The van der Waals surface area contributed by atoms with Crippen LogP contribution in [-0.2, 0) is 17.9 Å². The van der Waals surface area contributed by atoms with E-state index >= 15 is 0 Å². The van der Waals surface area contributed by atoms with Crippen molar-refractivity contribution in [3.8, 4) is 5.75 Å². The third-order valence-corrected chi connectivity index (χ3v) is 3.65. The molecule has 27 heavy (non-hydrogen) atoms. The van der Waals surface area contributed by atoms with Gasteiger partial charge in [0.2, 0.25) is 0 Å².